The first-order valence-electron chi connectivity index (χ1n) is 15.5. The minimum atomic E-state index is -1.09. The first kappa shape index (κ1) is 40.5. The lowest BCUT2D eigenvalue weighted by atomic mass is 9.83. The highest BCUT2D eigenvalue weighted by Crippen LogP contribution is 2.24. The van der Waals surface area contributed by atoms with Gasteiger partial charge in [0.15, 0.2) is 0 Å². The summed E-state index contributed by atoms with van der Waals surface area (Å²) in [5.41, 5.74) is 2.63. The van der Waals surface area contributed by atoms with Crippen molar-refractivity contribution in [1.82, 2.24) is 16.0 Å². The summed E-state index contributed by atoms with van der Waals surface area (Å²) < 4.78 is 0. The van der Waals surface area contributed by atoms with Crippen molar-refractivity contribution in [2.24, 2.45) is 5.41 Å². The number of hydrogen-bond acceptors (Lipinski definition) is 6. The van der Waals surface area contributed by atoms with Crippen molar-refractivity contribution in [2.75, 3.05) is 31.1 Å². The molecular formula is C34H55N3O4S2. The Hall–Kier alpha value is -2.45. The highest BCUT2D eigenvalue weighted by Gasteiger charge is 2.31. The summed E-state index contributed by atoms with van der Waals surface area (Å²) >= 11 is 0. The third kappa shape index (κ3) is 25.7. The third-order valence-electron chi connectivity index (χ3n) is 6.37. The van der Waals surface area contributed by atoms with Gasteiger partial charge >= 0.3 is 0 Å². The Morgan fingerprint density at radius 3 is 1.77 bits per heavy atom. The molecule has 0 aliphatic heterocycles. The van der Waals surface area contributed by atoms with Gasteiger partial charge in [0.1, 0.15) is 6.10 Å². The zero-order chi connectivity index (χ0) is 32.0. The van der Waals surface area contributed by atoms with E-state index in [0.717, 1.165) is 43.6 Å². The van der Waals surface area contributed by atoms with Crippen molar-refractivity contribution >= 4 is 39.3 Å². The van der Waals surface area contributed by atoms with Crippen LogP contribution in [0.15, 0.2) is 66.5 Å². The number of allylic oxidation sites excluding steroid dienone is 9. The van der Waals surface area contributed by atoms with Gasteiger partial charge in [0.05, 0.1) is 0 Å². The lowest BCUT2D eigenvalue weighted by molar-refractivity contribution is -0.135. The van der Waals surface area contributed by atoms with Crippen LogP contribution in [0.5, 0.6) is 0 Å². The second kappa shape index (κ2) is 28.3. The van der Waals surface area contributed by atoms with Gasteiger partial charge in [-0.3, -0.25) is 14.4 Å². The van der Waals surface area contributed by atoms with Gasteiger partial charge in [0, 0.05) is 44.0 Å². The Kier molecular flexibility index (Phi) is 26.7. The van der Waals surface area contributed by atoms with E-state index in [-0.39, 0.29) is 24.8 Å². The molecule has 0 aromatic heterocycles. The molecule has 0 fully saturated rings. The minimum absolute atomic E-state index is 0.0349. The van der Waals surface area contributed by atoms with Crippen LogP contribution in [0.2, 0.25) is 0 Å². The van der Waals surface area contributed by atoms with Gasteiger partial charge in [-0.25, -0.2) is 0 Å². The van der Waals surface area contributed by atoms with E-state index < -0.39 is 17.4 Å². The number of amides is 3. The summed E-state index contributed by atoms with van der Waals surface area (Å²) in [5.74, 6) is 0.990. The summed E-state index contributed by atoms with van der Waals surface area (Å²) in [4.78, 5) is 35.9. The van der Waals surface area contributed by atoms with Crippen LogP contribution in [0.3, 0.4) is 0 Å². The van der Waals surface area contributed by atoms with Gasteiger partial charge in [-0.15, -0.1) is 5.73 Å². The number of hydrogen-bond donors (Lipinski definition) is 4. The van der Waals surface area contributed by atoms with Crippen LogP contribution in [0.4, 0.5) is 0 Å². The van der Waals surface area contributed by atoms with Crippen LogP contribution in [-0.4, -0.2) is 60.1 Å². The molecule has 1 atom stereocenters. The molecule has 0 radical (unpaired) electrons. The third-order valence-corrected chi connectivity index (χ3v) is 8.78. The molecule has 9 heteroatoms. The summed E-state index contributed by atoms with van der Waals surface area (Å²) in [6.07, 6.45) is 27.0. The predicted molar refractivity (Wildman–Crippen MR) is 186 cm³/mol. The Morgan fingerprint density at radius 2 is 1.23 bits per heavy atom. The summed E-state index contributed by atoms with van der Waals surface area (Å²) in [6.45, 7) is 9.07. The zero-order valence-electron chi connectivity index (χ0n) is 26.7. The monoisotopic (exact) mass is 633 g/mol. The molecule has 1 unspecified atom stereocenters. The molecule has 7 nitrogen and oxygen atoms in total. The molecule has 0 saturated carbocycles. The Balaban J connectivity index is 3.67. The smallest absolute Gasteiger partial charge is 0.249 e. The van der Waals surface area contributed by atoms with Gasteiger partial charge in [-0.05, 0) is 62.5 Å². The average Bonchev–Trinajstić information content (AvgIpc) is 2.99. The Bertz CT molecular complexity index is 951. The lowest BCUT2D eigenvalue weighted by Gasteiger charge is -2.28. The molecule has 242 valence electrons. The fourth-order valence-electron chi connectivity index (χ4n) is 3.28. The second-order valence-electron chi connectivity index (χ2n) is 10.5. The highest BCUT2D eigenvalue weighted by molar-refractivity contribution is 8.76. The largest absolute Gasteiger partial charge is 0.383 e. The summed E-state index contributed by atoms with van der Waals surface area (Å²) in [5, 5.41) is 18.4. The topological polar surface area (TPSA) is 108 Å². The van der Waals surface area contributed by atoms with E-state index >= 15 is 0 Å². The van der Waals surface area contributed by atoms with Gasteiger partial charge < -0.3 is 21.1 Å². The molecule has 4 N–H and O–H groups in total. The maximum Gasteiger partial charge on any atom is 0.249 e. The van der Waals surface area contributed by atoms with Gasteiger partial charge in [-0.2, -0.15) is 0 Å². The maximum atomic E-state index is 12.0. The van der Waals surface area contributed by atoms with Gasteiger partial charge in [0.2, 0.25) is 17.7 Å². The van der Waals surface area contributed by atoms with Crippen molar-refractivity contribution in [2.45, 2.75) is 91.6 Å². The van der Waals surface area contributed by atoms with E-state index in [0.29, 0.717) is 32.4 Å². The number of aliphatic hydroxyl groups excluding tert-OH is 1. The molecule has 0 bridgehead atoms. The molecule has 3 amide bonds. The van der Waals surface area contributed by atoms with Crippen LogP contribution in [0, 0.1) is 5.41 Å². The van der Waals surface area contributed by atoms with Crippen LogP contribution in [-0.2, 0) is 14.4 Å². The molecule has 0 aliphatic rings. The van der Waals surface area contributed by atoms with Crippen molar-refractivity contribution in [3.63, 3.8) is 0 Å². The van der Waals surface area contributed by atoms with E-state index in [1.54, 1.807) is 21.6 Å². The summed E-state index contributed by atoms with van der Waals surface area (Å²) in [7, 11) is 3.29. The average molecular weight is 634 g/mol. The zero-order valence-corrected chi connectivity index (χ0v) is 28.4. The number of carbonyl (C=O) groups excluding carboxylic acids is 3. The Labute approximate surface area is 268 Å². The van der Waals surface area contributed by atoms with E-state index in [9.17, 15) is 19.5 Å². The number of carbonyl (C=O) groups is 3. The van der Waals surface area contributed by atoms with Crippen molar-refractivity contribution in [1.29, 1.82) is 0 Å². The van der Waals surface area contributed by atoms with Gasteiger partial charge in [-0.1, -0.05) is 97.9 Å². The summed E-state index contributed by atoms with van der Waals surface area (Å²) in [6, 6.07) is 0. The quantitative estimate of drug-likeness (QED) is 0.0391. The number of rotatable bonds is 25. The minimum Gasteiger partial charge on any atom is -0.383 e. The molecule has 0 saturated heterocycles. The van der Waals surface area contributed by atoms with Crippen molar-refractivity contribution in [3.05, 3.63) is 66.5 Å². The lowest BCUT2D eigenvalue weighted by Crippen LogP contribution is -2.44. The van der Waals surface area contributed by atoms with Crippen LogP contribution in [0.25, 0.3) is 0 Å². The number of nitrogens with one attached hydrogen (secondary N) is 3. The van der Waals surface area contributed by atoms with E-state index in [1.807, 2.05) is 32.9 Å². The molecule has 0 heterocycles. The second-order valence-corrected chi connectivity index (χ2v) is 13.2. The van der Waals surface area contributed by atoms with Crippen LogP contribution in [0.1, 0.15) is 85.5 Å². The van der Waals surface area contributed by atoms with Gasteiger partial charge in [0.25, 0.3) is 0 Å². The first-order valence-corrected chi connectivity index (χ1v) is 18.0. The molecular weight excluding hydrogens is 579 g/mol. The Morgan fingerprint density at radius 1 is 0.721 bits per heavy atom. The fraction of sp³-hybridized carbons (Fsp3) is 0.588. The fourth-order valence-corrected chi connectivity index (χ4v) is 5.10. The highest BCUT2D eigenvalue weighted by atomic mass is 33.1. The molecule has 0 aliphatic carbocycles. The van der Waals surface area contributed by atoms with Crippen molar-refractivity contribution < 1.29 is 19.5 Å². The molecule has 0 aromatic carbocycles. The standard InChI is InChI=1S/C34H55N3O4S2/c1-5-7-8-9-10-11-12-13-14-15-16-17-18-19-20-21-22-23-30(38)35-26-28-42-43-29-27-36-31(39)24-25-37-33(41)32(40)34(3,4)6-2/h7-8,10-11,13-14,16-17,19,21,32,40H,5-6,9,12,15,18,22-29H2,1-4H3,(H,35,38)(H,36,39)(H,37,41)/b8-7-,11-10-,14-13-,17-16-. The normalized spacial score (nSPS) is 12.6. The first-order chi connectivity index (χ1) is 20.7. The molecule has 0 spiro atoms. The predicted octanol–water partition coefficient (Wildman–Crippen LogP) is 6.59. The van der Waals surface area contributed by atoms with Crippen LogP contribution < -0.4 is 16.0 Å². The maximum absolute atomic E-state index is 12.0. The number of aliphatic hydroxyl groups is 1. The van der Waals surface area contributed by atoms with Crippen LogP contribution >= 0.6 is 21.6 Å². The molecule has 0 aromatic rings. The SMILES string of the molecule is CC/C=C\C/C=C\C/C=C\C/C=C\CC=C=CCCC(=O)NCCSSCCNC(=O)CCNC(=O)C(O)C(C)(C)CC. The van der Waals surface area contributed by atoms with Crippen molar-refractivity contribution in [3.8, 4) is 0 Å². The van der Waals surface area contributed by atoms with E-state index in [4.69, 9.17) is 0 Å². The van der Waals surface area contributed by atoms with E-state index in [2.05, 4.69) is 77.2 Å². The molecule has 43 heavy (non-hydrogen) atoms. The molecule has 0 rings (SSSR count). The van der Waals surface area contributed by atoms with E-state index in [1.165, 1.54) is 0 Å².